The van der Waals surface area contributed by atoms with Crippen molar-refractivity contribution in [2.24, 2.45) is 5.92 Å². The van der Waals surface area contributed by atoms with Crippen LogP contribution in [0, 0.1) is 5.92 Å². The lowest BCUT2D eigenvalue weighted by Gasteiger charge is -2.04. The van der Waals surface area contributed by atoms with E-state index in [1.54, 1.807) is 6.08 Å². The number of nitrogens with one attached hydrogen (secondary N) is 2. The minimum atomic E-state index is -0.285. The van der Waals surface area contributed by atoms with Crippen molar-refractivity contribution in [1.82, 2.24) is 10.9 Å². The van der Waals surface area contributed by atoms with E-state index in [1.165, 1.54) is 12.2 Å². The van der Waals surface area contributed by atoms with Crippen molar-refractivity contribution in [2.45, 2.75) is 0 Å². The molecule has 56 valence electrons. The van der Waals surface area contributed by atoms with Crippen LogP contribution >= 0.6 is 0 Å². The van der Waals surface area contributed by atoms with Crippen molar-refractivity contribution in [1.29, 1.82) is 0 Å². The van der Waals surface area contributed by atoms with Crippen LogP contribution in [0.3, 0.4) is 0 Å². The topological polar surface area (TPSA) is 58.2 Å². The van der Waals surface area contributed by atoms with E-state index in [2.05, 4.69) is 10.9 Å². The fourth-order valence-corrected chi connectivity index (χ4v) is 1.14. The van der Waals surface area contributed by atoms with Gasteiger partial charge in [0, 0.05) is 6.08 Å². The second kappa shape index (κ2) is 1.95. The molecule has 0 bridgehead atoms. The lowest BCUT2D eigenvalue weighted by atomic mass is 10.00. The Labute approximate surface area is 62.9 Å². The Morgan fingerprint density at radius 3 is 2.91 bits per heavy atom. The zero-order valence-corrected chi connectivity index (χ0v) is 5.63. The van der Waals surface area contributed by atoms with Crippen molar-refractivity contribution in [2.75, 3.05) is 0 Å². The number of amides is 1. The summed E-state index contributed by atoms with van der Waals surface area (Å²) in [6.07, 6.45) is 4.41. The van der Waals surface area contributed by atoms with Crippen molar-refractivity contribution in [3.8, 4) is 0 Å². The first-order valence-electron chi connectivity index (χ1n) is 3.27. The maximum Gasteiger partial charge on any atom is 0.251 e. The summed E-state index contributed by atoms with van der Waals surface area (Å²) in [5.74, 6) is -0.479. The van der Waals surface area contributed by atoms with Gasteiger partial charge in [0.2, 0.25) is 0 Å². The van der Waals surface area contributed by atoms with Crippen LogP contribution in [0.25, 0.3) is 0 Å². The quantitative estimate of drug-likeness (QED) is 0.478. The SMILES string of the molecule is O=C1C=CC2C(=O)NNC2=C1. The van der Waals surface area contributed by atoms with Crippen LogP contribution in [0.4, 0.5) is 0 Å². The van der Waals surface area contributed by atoms with E-state index in [-0.39, 0.29) is 17.6 Å². The van der Waals surface area contributed by atoms with Gasteiger partial charge in [0.15, 0.2) is 5.78 Å². The number of hydrogen-bond donors (Lipinski definition) is 2. The average Bonchev–Trinajstić information content (AvgIpc) is 2.32. The van der Waals surface area contributed by atoms with Crippen LogP contribution in [0.15, 0.2) is 23.9 Å². The predicted octanol–water partition coefficient (Wildman–Crippen LogP) is -0.740. The zero-order valence-electron chi connectivity index (χ0n) is 5.63. The predicted molar refractivity (Wildman–Crippen MR) is 37.0 cm³/mol. The molecular formula is C7H6N2O2. The summed E-state index contributed by atoms with van der Waals surface area (Å²) < 4.78 is 0. The van der Waals surface area contributed by atoms with E-state index in [0.29, 0.717) is 5.70 Å². The molecule has 1 aliphatic carbocycles. The van der Waals surface area contributed by atoms with Gasteiger partial charge in [-0.25, -0.2) is 0 Å². The molecule has 1 atom stereocenters. The monoisotopic (exact) mass is 150 g/mol. The Bertz CT molecular complexity index is 291. The molecule has 0 aromatic rings. The number of hydrogen-bond acceptors (Lipinski definition) is 3. The molecule has 2 N–H and O–H groups in total. The Balaban J connectivity index is 2.37. The molecule has 0 radical (unpaired) electrons. The maximum absolute atomic E-state index is 10.9. The van der Waals surface area contributed by atoms with Gasteiger partial charge >= 0.3 is 0 Å². The van der Waals surface area contributed by atoms with E-state index in [0.717, 1.165) is 0 Å². The largest absolute Gasteiger partial charge is 0.301 e. The van der Waals surface area contributed by atoms with Gasteiger partial charge in [-0.15, -0.1) is 0 Å². The minimum Gasteiger partial charge on any atom is -0.301 e. The summed E-state index contributed by atoms with van der Waals surface area (Å²) in [7, 11) is 0. The summed E-state index contributed by atoms with van der Waals surface area (Å²) in [4.78, 5) is 21.7. The van der Waals surface area contributed by atoms with Crippen LogP contribution < -0.4 is 10.9 Å². The molecule has 1 saturated heterocycles. The molecule has 1 heterocycles. The van der Waals surface area contributed by atoms with Gasteiger partial charge in [0.05, 0.1) is 11.6 Å². The lowest BCUT2D eigenvalue weighted by molar-refractivity contribution is -0.121. The number of allylic oxidation sites excluding steroid dienone is 2. The molecule has 0 aromatic heterocycles. The van der Waals surface area contributed by atoms with Crippen LogP contribution in [0.1, 0.15) is 0 Å². The molecule has 0 spiro atoms. The zero-order chi connectivity index (χ0) is 7.84. The standard InChI is InChI=1S/C7H6N2O2/c10-4-1-2-5-6(3-4)8-9-7(5)11/h1-3,5,8H,(H,9,11). The van der Waals surface area contributed by atoms with Gasteiger partial charge in [-0.05, 0) is 6.08 Å². The van der Waals surface area contributed by atoms with Gasteiger partial charge in [-0.3, -0.25) is 15.0 Å². The Morgan fingerprint density at radius 2 is 2.09 bits per heavy atom. The average molecular weight is 150 g/mol. The third kappa shape index (κ3) is 0.832. The van der Waals surface area contributed by atoms with Crippen molar-refractivity contribution >= 4 is 11.7 Å². The van der Waals surface area contributed by atoms with E-state index in [9.17, 15) is 9.59 Å². The second-order valence-corrected chi connectivity index (χ2v) is 2.45. The highest BCUT2D eigenvalue weighted by Crippen LogP contribution is 2.17. The highest BCUT2D eigenvalue weighted by molar-refractivity contribution is 6.03. The van der Waals surface area contributed by atoms with Crippen LogP contribution in [0.2, 0.25) is 0 Å². The summed E-state index contributed by atoms with van der Waals surface area (Å²) in [6, 6.07) is 0. The summed E-state index contributed by atoms with van der Waals surface area (Å²) >= 11 is 0. The minimum absolute atomic E-state index is 0.0831. The van der Waals surface area contributed by atoms with Crippen molar-refractivity contribution in [3.05, 3.63) is 23.9 Å². The first-order valence-corrected chi connectivity index (χ1v) is 3.27. The molecule has 2 rings (SSSR count). The van der Waals surface area contributed by atoms with Crippen molar-refractivity contribution in [3.63, 3.8) is 0 Å². The molecule has 1 amide bonds. The van der Waals surface area contributed by atoms with E-state index < -0.39 is 0 Å². The van der Waals surface area contributed by atoms with Gasteiger partial charge in [-0.1, -0.05) is 6.08 Å². The number of rotatable bonds is 0. The molecule has 1 unspecified atom stereocenters. The normalized spacial score (nSPS) is 27.3. The molecule has 11 heavy (non-hydrogen) atoms. The molecule has 1 aliphatic heterocycles. The molecular weight excluding hydrogens is 144 g/mol. The van der Waals surface area contributed by atoms with Gasteiger partial charge in [-0.2, -0.15) is 0 Å². The maximum atomic E-state index is 10.9. The first kappa shape index (κ1) is 6.15. The highest BCUT2D eigenvalue weighted by Gasteiger charge is 2.29. The lowest BCUT2D eigenvalue weighted by Crippen LogP contribution is -2.25. The molecule has 0 saturated carbocycles. The van der Waals surface area contributed by atoms with Crippen LogP contribution in [-0.2, 0) is 9.59 Å². The van der Waals surface area contributed by atoms with Crippen LogP contribution in [-0.4, -0.2) is 11.7 Å². The molecule has 4 heteroatoms. The fourth-order valence-electron chi connectivity index (χ4n) is 1.14. The Kier molecular flexibility index (Phi) is 1.09. The smallest absolute Gasteiger partial charge is 0.251 e. The van der Waals surface area contributed by atoms with E-state index >= 15 is 0 Å². The van der Waals surface area contributed by atoms with Crippen molar-refractivity contribution < 1.29 is 9.59 Å². The van der Waals surface area contributed by atoms with E-state index in [1.807, 2.05) is 0 Å². The highest BCUT2D eigenvalue weighted by atomic mass is 16.2. The molecule has 1 fully saturated rings. The summed E-state index contributed by atoms with van der Waals surface area (Å²) in [5.41, 5.74) is 5.69. The number of carbonyl (C=O) groups excluding carboxylic acids is 2. The number of ketones is 1. The summed E-state index contributed by atoms with van der Waals surface area (Å²) in [5, 5.41) is 0. The van der Waals surface area contributed by atoms with Gasteiger partial charge in [0.25, 0.3) is 5.91 Å². The molecule has 4 nitrogen and oxygen atoms in total. The van der Waals surface area contributed by atoms with E-state index in [4.69, 9.17) is 0 Å². The second-order valence-electron chi connectivity index (χ2n) is 2.45. The van der Waals surface area contributed by atoms with Gasteiger partial charge in [0.1, 0.15) is 0 Å². The third-order valence-electron chi connectivity index (χ3n) is 1.70. The third-order valence-corrected chi connectivity index (χ3v) is 1.70. The summed E-state index contributed by atoms with van der Waals surface area (Å²) in [6.45, 7) is 0. The molecule has 2 aliphatic rings. The molecule has 0 aromatic carbocycles. The van der Waals surface area contributed by atoms with Gasteiger partial charge < -0.3 is 5.43 Å². The Hall–Kier alpha value is -1.58. The number of hydrazine groups is 1. The number of fused-ring (bicyclic) bond motifs is 1. The fraction of sp³-hybridized carbons (Fsp3) is 0.143. The first-order chi connectivity index (χ1) is 5.27. The number of carbonyl (C=O) groups is 2. The Morgan fingerprint density at radius 1 is 1.27 bits per heavy atom. The van der Waals surface area contributed by atoms with Crippen LogP contribution in [0.5, 0.6) is 0 Å².